The molecule has 2 atom stereocenters. The van der Waals surface area contributed by atoms with Gasteiger partial charge in [0.2, 0.25) is 0 Å². The number of benzene rings is 1. The van der Waals surface area contributed by atoms with E-state index >= 15 is 0 Å². The predicted molar refractivity (Wildman–Crippen MR) is 110 cm³/mol. The standard InChI is InChI=1S/C22H36N2O4/c1-7-26-19(23-20(25)27-16-18-12-9-8-10-13-18)17(2)28-24-21(3,4)14-11-15-22(24,5)6/h8-10,12-13,17,19H,7,11,14-16H2,1-6H3,(H,23,25). The van der Waals surface area contributed by atoms with Crippen molar-refractivity contribution >= 4 is 6.09 Å². The molecule has 1 amide bonds. The highest BCUT2D eigenvalue weighted by atomic mass is 16.7. The van der Waals surface area contributed by atoms with E-state index in [-0.39, 0.29) is 23.8 Å². The molecule has 1 saturated heterocycles. The van der Waals surface area contributed by atoms with Gasteiger partial charge in [0.05, 0.1) is 0 Å². The normalized spacial score (nSPS) is 20.9. The average molecular weight is 393 g/mol. The van der Waals surface area contributed by atoms with Gasteiger partial charge in [-0.3, -0.25) is 10.2 Å². The van der Waals surface area contributed by atoms with Gasteiger partial charge in [-0.2, -0.15) is 5.06 Å². The molecule has 6 heteroatoms. The number of hydrogen-bond donors (Lipinski definition) is 1. The molecule has 0 spiro atoms. The molecule has 1 aliphatic rings. The highest BCUT2D eigenvalue weighted by molar-refractivity contribution is 5.67. The number of hydrogen-bond acceptors (Lipinski definition) is 5. The summed E-state index contributed by atoms with van der Waals surface area (Å²) in [6.07, 6.45) is 1.83. The number of ether oxygens (including phenoxy) is 2. The molecule has 1 fully saturated rings. The van der Waals surface area contributed by atoms with Crippen molar-refractivity contribution in [2.24, 2.45) is 0 Å². The Balaban J connectivity index is 1.96. The first-order chi connectivity index (χ1) is 13.2. The van der Waals surface area contributed by atoms with Crippen LogP contribution in [0.1, 0.15) is 66.4 Å². The number of piperidine rings is 1. The Morgan fingerprint density at radius 1 is 1.14 bits per heavy atom. The molecule has 1 heterocycles. The second kappa shape index (κ2) is 9.72. The number of nitrogens with zero attached hydrogens (tertiary/aromatic N) is 1. The molecule has 0 radical (unpaired) electrons. The fourth-order valence-corrected chi connectivity index (χ4v) is 3.84. The Bertz CT molecular complexity index is 602. The molecule has 0 bridgehead atoms. The smallest absolute Gasteiger partial charge is 0.409 e. The number of alkyl carbamates (subject to hydrolysis) is 1. The Hall–Kier alpha value is -1.63. The molecule has 1 aliphatic heterocycles. The zero-order chi connectivity index (χ0) is 20.8. The van der Waals surface area contributed by atoms with Crippen LogP contribution in [0.2, 0.25) is 0 Å². The average Bonchev–Trinajstić information content (AvgIpc) is 2.63. The van der Waals surface area contributed by atoms with Crippen LogP contribution in [0.3, 0.4) is 0 Å². The van der Waals surface area contributed by atoms with E-state index in [2.05, 4.69) is 38.1 Å². The maximum Gasteiger partial charge on any atom is 0.409 e. The molecule has 1 N–H and O–H groups in total. The molecule has 0 aliphatic carbocycles. The number of rotatable bonds is 8. The van der Waals surface area contributed by atoms with Gasteiger partial charge < -0.3 is 9.47 Å². The first-order valence-electron chi connectivity index (χ1n) is 10.2. The van der Waals surface area contributed by atoms with Crippen molar-refractivity contribution in [2.45, 2.75) is 90.8 Å². The summed E-state index contributed by atoms with van der Waals surface area (Å²) >= 11 is 0. The van der Waals surface area contributed by atoms with Crippen LogP contribution < -0.4 is 5.32 Å². The Kier molecular flexibility index (Phi) is 7.87. The summed E-state index contributed by atoms with van der Waals surface area (Å²) in [6, 6.07) is 9.59. The first kappa shape index (κ1) is 22.7. The van der Waals surface area contributed by atoms with Crippen LogP contribution in [0.25, 0.3) is 0 Å². The van der Waals surface area contributed by atoms with Crippen molar-refractivity contribution < 1.29 is 19.1 Å². The summed E-state index contributed by atoms with van der Waals surface area (Å²) in [6.45, 7) is 13.3. The number of amides is 1. The molecule has 1 aromatic rings. The van der Waals surface area contributed by atoms with Crippen molar-refractivity contribution in [3.8, 4) is 0 Å². The first-order valence-corrected chi connectivity index (χ1v) is 10.2. The van der Waals surface area contributed by atoms with Gasteiger partial charge in [0.15, 0.2) is 6.23 Å². The number of carbonyl (C=O) groups is 1. The summed E-state index contributed by atoms with van der Waals surface area (Å²) < 4.78 is 11.1. The van der Waals surface area contributed by atoms with Crippen LogP contribution in [0, 0.1) is 0 Å². The second-order valence-corrected chi connectivity index (χ2v) is 8.67. The molecule has 6 nitrogen and oxygen atoms in total. The third kappa shape index (κ3) is 6.19. The van der Waals surface area contributed by atoms with Gasteiger partial charge in [-0.05, 0) is 66.4 Å². The molecule has 0 aromatic heterocycles. The lowest BCUT2D eigenvalue weighted by molar-refractivity contribution is -0.316. The van der Waals surface area contributed by atoms with E-state index < -0.39 is 12.3 Å². The summed E-state index contributed by atoms with van der Waals surface area (Å²) in [4.78, 5) is 18.6. The third-order valence-electron chi connectivity index (χ3n) is 5.19. The van der Waals surface area contributed by atoms with Crippen LogP contribution in [-0.4, -0.2) is 41.2 Å². The molecule has 1 aromatic carbocycles. The minimum atomic E-state index is -0.596. The summed E-state index contributed by atoms with van der Waals surface area (Å²) in [5.74, 6) is 0. The Morgan fingerprint density at radius 3 is 2.32 bits per heavy atom. The maximum absolute atomic E-state index is 12.3. The lowest BCUT2D eigenvalue weighted by Gasteiger charge is -2.52. The molecular formula is C22H36N2O4. The minimum Gasteiger partial charge on any atom is -0.445 e. The van der Waals surface area contributed by atoms with E-state index in [1.54, 1.807) is 0 Å². The maximum atomic E-state index is 12.3. The lowest BCUT2D eigenvalue weighted by atomic mass is 9.82. The van der Waals surface area contributed by atoms with Crippen molar-refractivity contribution in [1.29, 1.82) is 0 Å². The molecular weight excluding hydrogens is 356 g/mol. The van der Waals surface area contributed by atoms with Gasteiger partial charge >= 0.3 is 6.09 Å². The number of nitrogens with one attached hydrogen (secondary N) is 1. The van der Waals surface area contributed by atoms with E-state index in [1.165, 1.54) is 6.42 Å². The number of carbonyl (C=O) groups excluding carboxylic acids is 1. The van der Waals surface area contributed by atoms with Crippen molar-refractivity contribution in [3.63, 3.8) is 0 Å². The van der Waals surface area contributed by atoms with Gasteiger partial charge in [-0.15, -0.1) is 0 Å². The van der Waals surface area contributed by atoms with Crippen LogP contribution in [0.4, 0.5) is 4.79 Å². The van der Waals surface area contributed by atoms with Crippen LogP contribution >= 0.6 is 0 Å². The summed E-state index contributed by atoms with van der Waals surface area (Å²) in [5, 5.41) is 4.88. The van der Waals surface area contributed by atoms with E-state index in [9.17, 15) is 4.79 Å². The van der Waals surface area contributed by atoms with E-state index in [4.69, 9.17) is 14.3 Å². The largest absolute Gasteiger partial charge is 0.445 e. The summed E-state index contributed by atoms with van der Waals surface area (Å²) in [7, 11) is 0. The van der Waals surface area contributed by atoms with Gasteiger partial charge in [-0.1, -0.05) is 30.3 Å². The molecule has 2 rings (SSSR count). The molecule has 0 saturated carbocycles. The highest BCUT2D eigenvalue weighted by Crippen LogP contribution is 2.39. The lowest BCUT2D eigenvalue weighted by Crippen LogP contribution is -2.61. The zero-order valence-corrected chi connectivity index (χ0v) is 18.2. The van der Waals surface area contributed by atoms with Gasteiger partial charge in [-0.25, -0.2) is 4.79 Å². The second-order valence-electron chi connectivity index (χ2n) is 8.67. The van der Waals surface area contributed by atoms with Crippen LogP contribution in [-0.2, 0) is 20.9 Å². The van der Waals surface area contributed by atoms with Crippen molar-refractivity contribution in [2.75, 3.05) is 6.61 Å². The number of hydroxylamine groups is 2. The van der Waals surface area contributed by atoms with Crippen molar-refractivity contribution in [1.82, 2.24) is 10.4 Å². The highest BCUT2D eigenvalue weighted by Gasteiger charge is 2.44. The molecule has 2 unspecified atom stereocenters. The summed E-state index contributed by atoms with van der Waals surface area (Å²) in [5.41, 5.74) is 0.771. The van der Waals surface area contributed by atoms with Crippen molar-refractivity contribution in [3.05, 3.63) is 35.9 Å². The predicted octanol–water partition coefficient (Wildman–Crippen LogP) is 4.64. The minimum absolute atomic E-state index is 0.0827. The Labute approximate surface area is 169 Å². The van der Waals surface area contributed by atoms with Gasteiger partial charge in [0.1, 0.15) is 12.7 Å². The zero-order valence-electron chi connectivity index (χ0n) is 18.2. The third-order valence-corrected chi connectivity index (χ3v) is 5.19. The fraction of sp³-hybridized carbons (Fsp3) is 0.682. The molecule has 158 valence electrons. The topological polar surface area (TPSA) is 60.0 Å². The fourth-order valence-electron chi connectivity index (χ4n) is 3.84. The SMILES string of the molecule is CCOC(NC(=O)OCc1ccccc1)C(C)ON1C(C)(C)CCCC1(C)C. The van der Waals surface area contributed by atoms with Gasteiger partial charge in [0.25, 0.3) is 0 Å². The van der Waals surface area contributed by atoms with Crippen LogP contribution in [0.5, 0.6) is 0 Å². The van der Waals surface area contributed by atoms with E-state index in [0.717, 1.165) is 18.4 Å². The van der Waals surface area contributed by atoms with E-state index in [0.29, 0.717) is 6.61 Å². The quantitative estimate of drug-likeness (QED) is 0.653. The van der Waals surface area contributed by atoms with Gasteiger partial charge in [0, 0.05) is 17.7 Å². The molecule has 28 heavy (non-hydrogen) atoms. The Morgan fingerprint density at radius 2 is 1.75 bits per heavy atom. The van der Waals surface area contributed by atoms with Crippen LogP contribution in [0.15, 0.2) is 30.3 Å². The monoisotopic (exact) mass is 392 g/mol. The van der Waals surface area contributed by atoms with E-state index in [1.807, 2.05) is 44.2 Å².